The summed E-state index contributed by atoms with van der Waals surface area (Å²) >= 11 is 0. The lowest BCUT2D eigenvalue weighted by Crippen LogP contribution is -2.13. The SMILES string of the molecule is Cc1cccc(OCCc2nc(C)oc2C)c1.Cc1nc(CCOc2cccc(C(O)c3nnn(-c4ccccc4)c3C(=O)O)c2)c(C)o1. The van der Waals surface area contributed by atoms with E-state index < -0.39 is 12.1 Å². The summed E-state index contributed by atoms with van der Waals surface area (Å²) in [7, 11) is 0. The van der Waals surface area contributed by atoms with Crippen molar-refractivity contribution in [1.82, 2.24) is 25.0 Å². The van der Waals surface area contributed by atoms with E-state index in [4.69, 9.17) is 18.3 Å². The van der Waals surface area contributed by atoms with Crippen LogP contribution in [0.15, 0.2) is 87.7 Å². The van der Waals surface area contributed by atoms with Crippen molar-refractivity contribution < 1.29 is 33.3 Å². The number of rotatable bonds is 12. The minimum atomic E-state index is -1.29. The van der Waals surface area contributed by atoms with Gasteiger partial charge in [-0.25, -0.2) is 19.4 Å². The number of benzene rings is 3. The Morgan fingerprint density at radius 3 is 1.88 bits per heavy atom. The molecule has 0 fully saturated rings. The van der Waals surface area contributed by atoms with Gasteiger partial charge in [0.1, 0.15) is 34.8 Å². The largest absolute Gasteiger partial charge is 0.493 e. The average molecular weight is 666 g/mol. The predicted molar refractivity (Wildman–Crippen MR) is 180 cm³/mol. The maximum absolute atomic E-state index is 11.9. The van der Waals surface area contributed by atoms with E-state index in [2.05, 4.69) is 33.3 Å². The third-order valence-corrected chi connectivity index (χ3v) is 7.54. The molecule has 0 aliphatic rings. The Morgan fingerprint density at radius 1 is 0.776 bits per heavy atom. The van der Waals surface area contributed by atoms with Crippen molar-refractivity contribution in [1.29, 1.82) is 0 Å². The number of para-hydroxylation sites is 1. The van der Waals surface area contributed by atoms with Gasteiger partial charge in [-0.2, -0.15) is 0 Å². The molecule has 1 atom stereocenters. The van der Waals surface area contributed by atoms with Crippen LogP contribution in [0, 0.1) is 34.6 Å². The fourth-order valence-electron chi connectivity index (χ4n) is 5.20. The number of oxazole rings is 2. The molecule has 0 amide bonds. The molecule has 0 aliphatic heterocycles. The number of hydrogen-bond acceptors (Lipinski definition) is 10. The molecule has 3 heterocycles. The summed E-state index contributed by atoms with van der Waals surface area (Å²) < 4.78 is 23.5. The lowest BCUT2D eigenvalue weighted by atomic mass is 10.0. The molecule has 3 aromatic heterocycles. The molecule has 49 heavy (non-hydrogen) atoms. The Bertz CT molecular complexity index is 2000. The number of carboxylic acid groups (broad SMARTS) is 1. The summed E-state index contributed by atoms with van der Waals surface area (Å²) in [5.41, 5.74) is 3.75. The van der Waals surface area contributed by atoms with Crippen LogP contribution in [-0.4, -0.2) is 54.4 Å². The number of aliphatic hydroxyl groups excluding tert-OH is 1. The van der Waals surface area contributed by atoms with Crippen LogP contribution in [-0.2, 0) is 12.8 Å². The van der Waals surface area contributed by atoms with Crippen molar-refractivity contribution in [3.05, 3.63) is 136 Å². The first-order chi connectivity index (χ1) is 23.6. The van der Waals surface area contributed by atoms with Crippen LogP contribution in [0.3, 0.4) is 0 Å². The van der Waals surface area contributed by atoms with Crippen molar-refractivity contribution >= 4 is 5.97 Å². The van der Waals surface area contributed by atoms with Crippen LogP contribution in [0.5, 0.6) is 11.5 Å². The fraction of sp³-hybridized carbons (Fsp3) is 0.270. The molecule has 0 radical (unpaired) electrons. The van der Waals surface area contributed by atoms with E-state index in [9.17, 15) is 15.0 Å². The zero-order chi connectivity index (χ0) is 34.9. The zero-order valence-electron chi connectivity index (χ0n) is 28.1. The monoisotopic (exact) mass is 665 g/mol. The van der Waals surface area contributed by atoms with Crippen molar-refractivity contribution in [2.75, 3.05) is 13.2 Å². The van der Waals surface area contributed by atoms with Crippen LogP contribution in [0.4, 0.5) is 0 Å². The minimum absolute atomic E-state index is 0.0489. The Morgan fingerprint density at radius 2 is 1.35 bits per heavy atom. The highest BCUT2D eigenvalue weighted by atomic mass is 16.5. The first-order valence-corrected chi connectivity index (χ1v) is 15.8. The minimum Gasteiger partial charge on any atom is -0.493 e. The summed E-state index contributed by atoms with van der Waals surface area (Å²) in [6.45, 7) is 10.5. The number of carbonyl (C=O) groups is 1. The maximum Gasteiger partial charge on any atom is 0.356 e. The summed E-state index contributed by atoms with van der Waals surface area (Å²) in [5, 5.41) is 28.5. The summed E-state index contributed by atoms with van der Waals surface area (Å²) in [4.78, 5) is 20.6. The molecule has 3 aromatic carbocycles. The third kappa shape index (κ3) is 8.99. The van der Waals surface area contributed by atoms with Gasteiger partial charge in [-0.1, -0.05) is 47.7 Å². The summed E-state index contributed by atoms with van der Waals surface area (Å²) in [6.07, 6.45) is 0.0595. The van der Waals surface area contributed by atoms with Gasteiger partial charge in [0, 0.05) is 26.7 Å². The molecular weight excluding hydrogens is 626 g/mol. The number of aromatic carboxylic acids is 1. The molecule has 1 unspecified atom stereocenters. The van der Waals surface area contributed by atoms with Crippen LogP contribution >= 0.6 is 0 Å². The van der Waals surface area contributed by atoms with Gasteiger partial charge in [-0.3, -0.25) is 0 Å². The van der Waals surface area contributed by atoms with Crippen molar-refractivity contribution in [3.8, 4) is 17.2 Å². The van der Waals surface area contributed by atoms with Gasteiger partial charge in [0.05, 0.1) is 30.3 Å². The first-order valence-electron chi connectivity index (χ1n) is 15.8. The quantitative estimate of drug-likeness (QED) is 0.147. The standard InChI is InChI=1S/C23H22N4O5.C14H17NO2/c1-14-19(24-15(2)32-14)11-12-31-18-10-6-7-16(13-18)22(28)20-21(23(29)30)27(26-25-20)17-8-4-3-5-9-17;1-10-5-4-6-13(9-10)16-8-7-14-11(2)17-12(3)15-14/h3-10,13,22,28H,11-12H2,1-2H3,(H,29,30);4-6,9H,7-8H2,1-3H3. The Balaban J connectivity index is 0.000000232. The molecule has 2 N–H and O–H groups in total. The summed E-state index contributed by atoms with van der Waals surface area (Å²) in [6, 6.07) is 23.6. The molecule has 0 aliphatic carbocycles. The Labute approximate surface area is 284 Å². The van der Waals surface area contributed by atoms with Crippen molar-refractivity contribution in [2.24, 2.45) is 0 Å². The van der Waals surface area contributed by atoms with Crippen LogP contribution in [0.2, 0.25) is 0 Å². The number of aromatic nitrogens is 5. The number of hydrogen-bond donors (Lipinski definition) is 2. The molecule has 6 rings (SSSR count). The van der Waals surface area contributed by atoms with Gasteiger partial charge in [0.25, 0.3) is 0 Å². The van der Waals surface area contributed by atoms with Crippen LogP contribution in [0.25, 0.3) is 5.69 Å². The second-order valence-electron chi connectivity index (χ2n) is 11.3. The topological polar surface area (TPSA) is 159 Å². The van der Waals surface area contributed by atoms with Gasteiger partial charge in [0.2, 0.25) is 0 Å². The molecule has 0 bridgehead atoms. The number of ether oxygens (including phenoxy) is 2. The lowest BCUT2D eigenvalue weighted by molar-refractivity contribution is 0.0681. The highest BCUT2D eigenvalue weighted by Crippen LogP contribution is 2.27. The van der Waals surface area contributed by atoms with Gasteiger partial charge in [-0.05, 0) is 68.3 Å². The molecular formula is C37H39N5O7. The van der Waals surface area contributed by atoms with Gasteiger partial charge in [-0.15, -0.1) is 5.10 Å². The molecule has 0 saturated carbocycles. The van der Waals surface area contributed by atoms with E-state index in [0.29, 0.717) is 48.4 Å². The average Bonchev–Trinajstić information content (AvgIpc) is 3.77. The molecule has 254 valence electrons. The van der Waals surface area contributed by atoms with Gasteiger partial charge >= 0.3 is 5.97 Å². The normalized spacial score (nSPS) is 11.5. The van der Waals surface area contributed by atoms with E-state index in [0.717, 1.165) is 35.1 Å². The molecule has 0 spiro atoms. The number of nitrogens with zero attached hydrogens (tertiary/aromatic N) is 5. The predicted octanol–water partition coefficient (Wildman–Crippen LogP) is 6.49. The number of aliphatic hydroxyl groups is 1. The second kappa shape index (κ2) is 15.9. The van der Waals surface area contributed by atoms with E-state index in [1.165, 1.54) is 10.2 Å². The molecule has 0 saturated heterocycles. The van der Waals surface area contributed by atoms with Crippen molar-refractivity contribution in [2.45, 2.75) is 53.6 Å². The highest BCUT2D eigenvalue weighted by Gasteiger charge is 2.27. The number of carboxylic acids is 1. The van der Waals surface area contributed by atoms with E-state index in [-0.39, 0.29) is 11.4 Å². The van der Waals surface area contributed by atoms with Gasteiger partial charge < -0.3 is 28.5 Å². The zero-order valence-corrected chi connectivity index (χ0v) is 28.1. The molecule has 12 heteroatoms. The fourth-order valence-corrected chi connectivity index (χ4v) is 5.20. The Kier molecular flexibility index (Phi) is 11.2. The second-order valence-corrected chi connectivity index (χ2v) is 11.3. The van der Waals surface area contributed by atoms with E-state index in [1.807, 2.05) is 45.0 Å². The number of aryl methyl sites for hydroxylation is 5. The third-order valence-electron chi connectivity index (χ3n) is 7.54. The van der Waals surface area contributed by atoms with Crippen molar-refractivity contribution in [3.63, 3.8) is 0 Å². The molecule has 6 aromatic rings. The lowest BCUT2D eigenvalue weighted by Gasteiger charge is -2.12. The smallest absolute Gasteiger partial charge is 0.356 e. The maximum atomic E-state index is 11.9. The van der Waals surface area contributed by atoms with E-state index >= 15 is 0 Å². The van der Waals surface area contributed by atoms with E-state index in [1.54, 1.807) is 55.5 Å². The summed E-state index contributed by atoms with van der Waals surface area (Å²) in [5.74, 6) is 3.18. The first kappa shape index (κ1) is 34.6. The highest BCUT2D eigenvalue weighted by molar-refractivity contribution is 5.87. The van der Waals surface area contributed by atoms with Crippen LogP contribution in [0.1, 0.15) is 68.1 Å². The van der Waals surface area contributed by atoms with Gasteiger partial charge in [0.15, 0.2) is 17.5 Å². The molecule has 12 nitrogen and oxygen atoms in total. The van der Waals surface area contributed by atoms with Crippen LogP contribution < -0.4 is 9.47 Å². The Hall–Kier alpha value is -5.75.